The maximum atomic E-state index is 12.9. The van der Waals surface area contributed by atoms with E-state index in [0.29, 0.717) is 23.9 Å². The van der Waals surface area contributed by atoms with Crippen LogP contribution in [0.5, 0.6) is 5.75 Å². The van der Waals surface area contributed by atoms with Crippen LogP contribution in [0.15, 0.2) is 40.2 Å². The Morgan fingerprint density at radius 3 is 2.86 bits per heavy atom. The fourth-order valence-corrected chi connectivity index (χ4v) is 3.39. The summed E-state index contributed by atoms with van der Waals surface area (Å²) in [7, 11) is 1.61. The van der Waals surface area contributed by atoms with Gasteiger partial charge in [0.25, 0.3) is 5.91 Å². The molecule has 0 aliphatic heterocycles. The van der Waals surface area contributed by atoms with Gasteiger partial charge in [0.15, 0.2) is 0 Å². The van der Waals surface area contributed by atoms with Crippen LogP contribution in [-0.4, -0.2) is 24.0 Å². The lowest BCUT2D eigenvalue weighted by molar-refractivity contribution is 0.0730. The van der Waals surface area contributed by atoms with Gasteiger partial charge in [-0.15, -0.1) is 11.3 Å². The van der Waals surface area contributed by atoms with Gasteiger partial charge in [0, 0.05) is 15.4 Å². The number of hydrogen-bond acceptors (Lipinski definition) is 3. The Morgan fingerprint density at radius 2 is 2.24 bits per heavy atom. The van der Waals surface area contributed by atoms with Crippen molar-refractivity contribution in [1.82, 2.24) is 4.90 Å². The zero-order valence-corrected chi connectivity index (χ0v) is 14.1. The highest BCUT2D eigenvalue weighted by Gasteiger charge is 2.34. The molecule has 0 N–H and O–H groups in total. The van der Waals surface area contributed by atoms with E-state index >= 15 is 0 Å². The minimum Gasteiger partial charge on any atom is -0.497 e. The van der Waals surface area contributed by atoms with Crippen molar-refractivity contribution in [3.8, 4) is 5.75 Å². The van der Waals surface area contributed by atoms with Crippen molar-refractivity contribution in [2.45, 2.75) is 25.4 Å². The van der Waals surface area contributed by atoms with Crippen molar-refractivity contribution in [2.75, 3.05) is 7.11 Å². The second-order valence-electron chi connectivity index (χ2n) is 5.09. The van der Waals surface area contributed by atoms with Gasteiger partial charge in [-0.05, 0) is 58.4 Å². The van der Waals surface area contributed by atoms with E-state index in [9.17, 15) is 4.79 Å². The van der Waals surface area contributed by atoms with Gasteiger partial charge >= 0.3 is 0 Å². The first-order chi connectivity index (χ1) is 10.2. The van der Waals surface area contributed by atoms with Crippen molar-refractivity contribution in [1.29, 1.82) is 0 Å². The smallest absolute Gasteiger partial charge is 0.255 e. The minimum absolute atomic E-state index is 0.0664. The molecule has 0 radical (unpaired) electrons. The number of nitrogens with zero attached hydrogens (tertiary/aromatic N) is 1. The number of hydrogen-bond donors (Lipinski definition) is 0. The molecule has 1 amide bonds. The number of methoxy groups -OCH3 is 1. The number of halogens is 1. The third-order valence-electron chi connectivity index (χ3n) is 3.56. The summed E-state index contributed by atoms with van der Waals surface area (Å²) >= 11 is 5.17. The SMILES string of the molecule is COc1ccc(Br)c(C(=O)N(Cc2cccs2)C2CC2)c1. The zero-order chi connectivity index (χ0) is 14.8. The fraction of sp³-hybridized carbons (Fsp3) is 0.312. The van der Waals surface area contributed by atoms with Crippen molar-refractivity contribution in [2.24, 2.45) is 0 Å². The van der Waals surface area contributed by atoms with Crippen LogP contribution in [0.1, 0.15) is 28.1 Å². The number of ether oxygens (including phenoxy) is 1. The molecule has 1 saturated carbocycles. The van der Waals surface area contributed by atoms with E-state index in [2.05, 4.69) is 22.0 Å². The van der Waals surface area contributed by atoms with Crippen molar-refractivity contribution in [3.05, 3.63) is 50.6 Å². The van der Waals surface area contributed by atoms with Gasteiger partial charge in [-0.3, -0.25) is 4.79 Å². The summed E-state index contributed by atoms with van der Waals surface area (Å²) < 4.78 is 6.04. The van der Waals surface area contributed by atoms with Gasteiger partial charge in [-0.1, -0.05) is 6.07 Å². The molecule has 1 fully saturated rings. The summed E-state index contributed by atoms with van der Waals surface area (Å²) in [6, 6.07) is 9.99. The Bertz CT molecular complexity index is 638. The fourth-order valence-electron chi connectivity index (χ4n) is 2.27. The lowest BCUT2D eigenvalue weighted by Crippen LogP contribution is -2.32. The van der Waals surface area contributed by atoms with E-state index in [1.54, 1.807) is 24.5 Å². The number of thiophene rings is 1. The van der Waals surface area contributed by atoms with Crippen LogP contribution in [0.4, 0.5) is 0 Å². The topological polar surface area (TPSA) is 29.5 Å². The Balaban J connectivity index is 1.87. The maximum absolute atomic E-state index is 12.9. The normalized spacial score (nSPS) is 14.0. The van der Waals surface area contributed by atoms with Gasteiger partial charge in [0.2, 0.25) is 0 Å². The van der Waals surface area contributed by atoms with Crippen LogP contribution in [-0.2, 0) is 6.54 Å². The molecule has 3 nitrogen and oxygen atoms in total. The summed E-state index contributed by atoms with van der Waals surface area (Å²) in [5.41, 5.74) is 0.665. The average molecular weight is 366 g/mol. The second kappa shape index (κ2) is 6.20. The number of carbonyl (C=O) groups is 1. The predicted octanol–water partition coefficient (Wildman–Crippen LogP) is 4.32. The molecule has 3 rings (SSSR count). The van der Waals surface area contributed by atoms with E-state index in [1.165, 1.54) is 4.88 Å². The largest absolute Gasteiger partial charge is 0.497 e. The highest BCUT2D eigenvalue weighted by Crippen LogP contribution is 2.32. The van der Waals surface area contributed by atoms with E-state index in [4.69, 9.17) is 4.74 Å². The molecular formula is C16H16BrNO2S. The zero-order valence-electron chi connectivity index (χ0n) is 11.7. The molecule has 110 valence electrons. The molecule has 0 unspecified atom stereocenters. The molecule has 21 heavy (non-hydrogen) atoms. The van der Waals surface area contributed by atoms with Crippen molar-refractivity contribution >= 4 is 33.2 Å². The van der Waals surface area contributed by atoms with Crippen LogP contribution in [0.25, 0.3) is 0 Å². The standard InChI is InChI=1S/C16H16BrNO2S/c1-20-12-6-7-15(17)14(9-12)16(19)18(11-4-5-11)10-13-3-2-8-21-13/h2-3,6-9,11H,4-5,10H2,1H3. The number of amides is 1. The number of carbonyl (C=O) groups excluding carboxylic acids is 1. The van der Waals surface area contributed by atoms with Gasteiger partial charge in [-0.2, -0.15) is 0 Å². The third kappa shape index (κ3) is 3.30. The molecule has 0 bridgehead atoms. The van der Waals surface area contributed by atoms with Crippen LogP contribution in [0.2, 0.25) is 0 Å². The second-order valence-corrected chi connectivity index (χ2v) is 6.98. The van der Waals surface area contributed by atoms with Crippen molar-refractivity contribution in [3.63, 3.8) is 0 Å². The van der Waals surface area contributed by atoms with E-state index in [0.717, 1.165) is 17.3 Å². The summed E-state index contributed by atoms with van der Waals surface area (Å²) in [5.74, 6) is 0.769. The summed E-state index contributed by atoms with van der Waals surface area (Å²) in [5, 5.41) is 2.05. The van der Waals surface area contributed by atoms with E-state index < -0.39 is 0 Å². The van der Waals surface area contributed by atoms with E-state index in [-0.39, 0.29) is 5.91 Å². The Hall–Kier alpha value is -1.33. The first-order valence-electron chi connectivity index (χ1n) is 6.86. The van der Waals surface area contributed by atoms with E-state index in [1.807, 2.05) is 28.5 Å². The number of rotatable bonds is 5. The minimum atomic E-state index is 0.0664. The van der Waals surface area contributed by atoms with Crippen LogP contribution in [0.3, 0.4) is 0 Å². The molecule has 1 aromatic carbocycles. The third-order valence-corrected chi connectivity index (χ3v) is 5.11. The highest BCUT2D eigenvalue weighted by molar-refractivity contribution is 9.10. The predicted molar refractivity (Wildman–Crippen MR) is 87.9 cm³/mol. The lowest BCUT2D eigenvalue weighted by atomic mass is 10.2. The molecule has 1 aromatic heterocycles. The first kappa shape index (κ1) is 14.6. The molecular weight excluding hydrogens is 350 g/mol. The van der Waals surface area contributed by atoms with Crippen LogP contribution in [0, 0.1) is 0 Å². The monoisotopic (exact) mass is 365 g/mol. The van der Waals surface area contributed by atoms with Crippen LogP contribution >= 0.6 is 27.3 Å². The first-order valence-corrected chi connectivity index (χ1v) is 8.53. The summed E-state index contributed by atoms with van der Waals surface area (Å²) in [6.45, 7) is 0.685. The average Bonchev–Trinajstić information content (AvgIpc) is 3.21. The van der Waals surface area contributed by atoms with Crippen LogP contribution < -0.4 is 4.74 Å². The quantitative estimate of drug-likeness (QED) is 0.789. The van der Waals surface area contributed by atoms with Gasteiger partial charge in [-0.25, -0.2) is 0 Å². The van der Waals surface area contributed by atoms with Crippen molar-refractivity contribution < 1.29 is 9.53 Å². The summed E-state index contributed by atoms with van der Waals surface area (Å²) in [6.07, 6.45) is 2.19. The molecule has 1 aliphatic carbocycles. The summed E-state index contributed by atoms with van der Waals surface area (Å²) in [4.78, 5) is 16.1. The number of benzene rings is 1. The Kier molecular flexibility index (Phi) is 4.31. The maximum Gasteiger partial charge on any atom is 0.255 e. The molecule has 5 heteroatoms. The molecule has 2 aromatic rings. The Labute approximate surface area is 136 Å². The Morgan fingerprint density at radius 1 is 1.43 bits per heavy atom. The molecule has 0 spiro atoms. The van der Waals surface area contributed by atoms with Gasteiger partial charge < -0.3 is 9.64 Å². The van der Waals surface area contributed by atoms with Gasteiger partial charge in [0.05, 0.1) is 19.2 Å². The molecule has 1 heterocycles. The lowest BCUT2D eigenvalue weighted by Gasteiger charge is -2.22. The molecule has 0 saturated heterocycles. The van der Waals surface area contributed by atoms with Gasteiger partial charge in [0.1, 0.15) is 5.75 Å². The molecule has 1 aliphatic rings. The highest BCUT2D eigenvalue weighted by atomic mass is 79.9. The molecule has 0 atom stereocenters.